The van der Waals surface area contributed by atoms with E-state index < -0.39 is 0 Å². The van der Waals surface area contributed by atoms with Crippen LogP contribution in [0.5, 0.6) is 0 Å². The molecule has 0 aliphatic heterocycles. The van der Waals surface area contributed by atoms with E-state index in [0.29, 0.717) is 17.3 Å². The molecule has 0 spiro atoms. The quantitative estimate of drug-likeness (QED) is 0.670. The van der Waals surface area contributed by atoms with E-state index >= 15 is 0 Å². The average molecular weight is 341 g/mol. The lowest BCUT2D eigenvalue weighted by Crippen LogP contribution is -2.12. The number of rotatable bonds is 6. The van der Waals surface area contributed by atoms with Crippen LogP contribution in [0.25, 0.3) is 0 Å². The largest absolute Gasteiger partial charge is 0.369 e. The van der Waals surface area contributed by atoms with Crippen LogP contribution in [-0.4, -0.2) is 11.5 Å². The van der Waals surface area contributed by atoms with Gasteiger partial charge in [-0.3, -0.25) is 0 Å². The van der Waals surface area contributed by atoms with Crippen LogP contribution in [0.2, 0.25) is 0 Å². The molecule has 130 valence electrons. The fourth-order valence-electron chi connectivity index (χ4n) is 3.34. The van der Waals surface area contributed by atoms with Crippen molar-refractivity contribution in [2.24, 2.45) is 0 Å². The second-order valence-corrected chi connectivity index (χ2v) is 6.51. The fraction of sp³-hybridized carbons (Fsp3) is 0.217. The van der Waals surface area contributed by atoms with Gasteiger partial charge in [-0.15, -0.1) is 0 Å². The summed E-state index contributed by atoms with van der Waals surface area (Å²) in [5.41, 5.74) is 5.12. The highest BCUT2D eigenvalue weighted by Gasteiger charge is 2.14. The number of nitrogens with zero attached hydrogens (tertiary/aromatic N) is 2. The third-order valence-electron chi connectivity index (χ3n) is 4.59. The normalized spacial score (nSPS) is 10.5. The Bertz CT molecular complexity index is 856. The highest BCUT2D eigenvalue weighted by Crippen LogP contribution is 2.28. The van der Waals surface area contributed by atoms with Crippen LogP contribution < -0.4 is 5.32 Å². The maximum absolute atomic E-state index is 9.42. The number of benzene rings is 2. The predicted molar refractivity (Wildman–Crippen MR) is 106 cm³/mol. The SMILES string of the molecule is Cc1cc(C)c(C#N)c(NCCC(c2ccccc2)c2ccccc2)n1. The van der Waals surface area contributed by atoms with Crippen molar-refractivity contribution < 1.29 is 0 Å². The van der Waals surface area contributed by atoms with Crippen LogP contribution in [0.4, 0.5) is 5.82 Å². The smallest absolute Gasteiger partial charge is 0.144 e. The summed E-state index contributed by atoms with van der Waals surface area (Å²) in [7, 11) is 0. The zero-order chi connectivity index (χ0) is 18.4. The molecule has 3 rings (SSSR count). The van der Waals surface area contributed by atoms with Gasteiger partial charge >= 0.3 is 0 Å². The minimum Gasteiger partial charge on any atom is -0.369 e. The van der Waals surface area contributed by atoms with Crippen molar-refractivity contribution in [1.82, 2.24) is 4.98 Å². The molecule has 0 aliphatic carbocycles. The Morgan fingerprint density at radius 3 is 2.08 bits per heavy atom. The van der Waals surface area contributed by atoms with E-state index in [-0.39, 0.29) is 0 Å². The summed E-state index contributed by atoms with van der Waals surface area (Å²) in [6.07, 6.45) is 0.924. The van der Waals surface area contributed by atoms with E-state index in [2.05, 4.69) is 64.9 Å². The zero-order valence-corrected chi connectivity index (χ0v) is 15.2. The second-order valence-electron chi connectivity index (χ2n) is 6.51. The summed E-state index contributed by atoms with van der Waals surface area (Å²) in [5, 5.41) is 12.8. The molecule has 3 nitrogen and oxygen atoms in total. The number of pyridine rings is 1. The van der Waals surface area contributed by atoms with Crippen molar-refractivity contribution >= 4 is 5.82 Å². The molecule has 26 heavy (non-hydrogen) atoms. The third kappa shape index (κ3) is 4.10. The number of hydrogen-bond donors (Lipinski definition) is 1. The van der Waals surface area contributed by atoms with Gasteiger partial charge < -0.3 is 5.32 Å². The molecule has 0 unspecified atom stereocenters. The Balaban J connectivity index is 1.79. The van der Waals surface area contributed by atoms with Crippen LogP contribution in [0.15, 0.2) is 66.7 Å². The molecule has 0 amide bonds. The number of aromatic nitrogens is 1. The van der Waals surface area contributed by atoms with Gasteiger partial charge in [-0.05, 0) is 43.0 Å². The van der Waals surface area contributed by atoms with Crippen molar-refractivity contribution in [3.8, 4) is 6.07 Å². The maximum atomic E-state index is 9.42. The van der Waals surface area contributed by atoms with Gasteiger partial charge in [0, 0.05) is 18.2 Å². The van der Waals surface area contributed by atoms with Crippen molar-refractivity contribution in [1.29, 1.82) is 5.26 Å². The number of nitriles is 1. The Morgan fingerprint density at radius 1 is 0.962 bits per heavy atom. The van der Waals surface area contributed by atoms with E-state index in [0.717, 1.165) is 24.2 Å². The first-order chi connectivity index (χ1) is 12.7. The lowest BCUT2D eigenvalue weighted by atomic mass is 9.88. The lowest BCUT2D eigenvalue weighted by molar-refractivity contribution is 0.742. The highest BCUT2D eigenvalue weighted by molar-refractivity contribution is 5.56. The topological polar surface area (TPSA) is 48.7 Å². The van der Waals surface area contributed by atoms with Gasteiger partial charge in [0.1, 0.15) is 11.9 Å². The van der Waals surface area contributed by atoms with Gasteiger partial charge in [-0.2, -0.15) is 5.26 Å². The molecule has 0 atom stereocenters. The van der Waals surface area contributed by atoms with Crippen molar-refractivity contribution in [2.45, 2.75) is 26.2 Å². The molecular formula is C23H23N3. The minimum absolute atomic E-state index is 0.307. The minimum atomic E-state index is 0.307. The summed E-state index contributed by atoms with van der Waals surface area (Å²) in [5.74, 6) is 0.992. The molecule has 0 saturated heterocycles. The molecule has 3 heteroatoms. The molecule has 2 aromatic carbocycles. The van der Waals surface area contributed by atoms with Gasteiger partial charge in [0.2, 0.25) is 0 Å². The third-order valence-corrected chi connectivity index (χ3v) is 4.59. The van der Waals surface area contributed by atoms with Crippen LogP contribution in [0, 0.1) is 25.2 Å². The van der Waals surface area contributed by atoms with Crippen molar-refractivity contribution in [3.63, 3.8) is 0 Å². The van der Waals surface area contributed by atoms with Gasteiger partial charge in [-0.25, -0.2) is 4.98 Å². The number of nitrogens with one attached hydrogen (secondary N) is 1. The first kappa shape index (κ1) is 17.7. The summed E-state index contributed by atoms with van der Waals surface area (Å²) in [4.78, 5) is 4.51. The Kier molecular flexibility index (Phi) is 5.66. The zero-order valence-electron chi connectivity index (χ0n) is 15.2. The summed E-state index contributed by atoms with van der Waals surface area (Å²) >= 11 is 0. The number of hydrogen-bond acceptors (Lipinski definition) is 3. The van der Waals surface area contributed by atoms with E-state index in [1.165, 1.54) is 11.1 Å². The highest BCUT2D eigenvalue weighted by atomic mass is 15.0. The van der Waals surface area contributed by atoms with Crippen LogP contribution in [0.1, 0.15) is 40.3 Å². The summed E-state index contributed by atoms with van der Waals surface area (Å²) in [6, 6.07) is 25.3. The molecule has 1 heterocycles. The Labute approximate surface area is 155 Å². The number of aryl methyl sites for hydroxylation is 2. The fourth-order valence-corrected chi connectivity index (χ4v) is 3.34. The second kappa shape index (κ2) is 8.31. The maximum Gasteiger partial charge on any atom is 0.144 e. The Hall–Kier alpha value is -3.12. The van der Waals surface area contributed by atoms with E-state index in [9.17, 15) is 5.26 Å². The molecule has 1 aromatic heterocycles. The molecular weight excluding hydrogens is 318 g/mol. The van der Waals surface area contributed by atoms with Gasteiger partial charge in [0.05, 0.1) is 5.56 Å². The van der Waals surface area contributed by atoms with Crippen molar-refractivity contribution in [2.75, 3.05) is 11.9 Å². The van der Waals surface area contributed by atoms with Gasteiger partial charge in [0.15, 0.2) is 0 Å². The molecule has 0 radical (unpaired) electrons. The van der Waals surface area contributed by atoms with Gasteiger partial charge in [-0.1, -0.05) is 60.7 Å². The molecule has 0 aliphatic rings. The standard InChI is InChI=1S/C23H23N3/c1-17-15-18(2)26-23(22(17)16-24)25-14-13-21(19-9-5-3-6-10-19)20-11-7-4-8-12-20/h3-12,15,21H,13-14H2,1-2H3,(H,25,26). The molecule has 0 fully saturated rings. The monoisotopic (exact) mass is 341 g/mol. The average Bonchev–Trinajstić information content (AvgIpc) is 2.66. The van der Waals surface area contributed by atoms with Gasteiger partial charge in [0.25, 0.3) is 0 Å². The van der Waals surface area contributed by atoms with E-state index in [1.54, 1.807) is 0 Å². The lowest BCUT2D eigenvalue weighted by Gasteiger charge is -2.19. The predicted octanol–water partition coefficient (Wildman–Crippen LogP) is 5.20. The van der Waals surface area contributed by atoms with Crippen LogP contribution in [-0.2, 0) is 0 Å². The van der Waals surface area contributed by atoms with Crippen LogP contribution in [0.3, 0.4) is 0 Å². The summed E-state index contributed by atoms with van der Waals surface area (Å²) < 4.78 is 0. The Morgan fingerprint density at radius 2 is 1.54 bits per heavy atom. The summed E-state index contributed by atoms with van der Waals surface area (Å²) in [6.45, 7) is 4.66. The number of anilines is 1. The van der Waals surface area contributed by atoms with E-state index in [1.807, 2.05) is 32.0 Å². The first-order valence-corrected chi connectivity index (χ1v) is 8.91. The molecule has 3 aromatic rings. The molecule has 1 N–H and O–H groups in total. The molecule has 0 saturated carbocycles. The first-order valence-electron chi connectivity index (χ1n) is 8.91. The van der Waals surface area contributed by atoms with E-state index in [4.69, 9.17) is 0 Å². The van der Waals surface area contributed by atoms with Crippen LogP contribution >= 0.6 is 0 Å². The van der Waals surface area contributed by atoms with Crippen molar-refractivity contribution in [3.05, 3.63) is 94.7 Å². The molecule has 0 bridgehead atoms.